The summed E-state index contributed by atoms with van der Waals surface area (Å²) in [6, 6.07) is -1.37. The number of carbonyl (C=O) groups excluding carboxylic acids is 2. The average Bonchev–Trinajstić information content (AvgIpc) is 2.34. The smallest absolute Gasteiger partial charge is 0.326 e. The summed E-state index contributed by atoms with van der Waals surface area (Å²) < 4.78 is 0. The Hall–Kier alpha value is -1.79. The Morgan fingerprint density at radius 1 is 1.33 bits per heavy atom. The van der Waals surface area contributed by atoms with Crippen molar-refractivity contribution in [1.82, 2.24) is 15.5 Å². The highest BCUT2D eigenvalue weighted by molar-refractivity contribution is 5.83. The van der Waals surface area contributed by atoms with Crippen LogP contribution >= 0.6 is 0 Å². The van der Waals surface area contributed by atoms with Crippen molar-refractivity contribution < 1.29 is 19.5 Å². The molecule has 0 fully saturated rings. The molecule has 0 rings (SSSR count). The van der Waals surface area contributed by atoms with Gasteiger partial charge in [0.05, 0.1) is 0 Å². The molecule has 1 atom stereocenters. The number of carboxylic acid groups (broad SMARTS) is 1. The van der Waals surface area contributed by atoms with Gasteiger partial charge in [0, 0.05) is 27.1 Å². The van der Waals surface area contributed by atoms with E-state index in [2.05, 4.69) is 10.6 Å². The minimum Gasteiger partial charge on any atom is -0.480 e. The molecule has 0 heterocycles. The maximum absolute atomic E-state index is 11.7. The van der Waals surface area contributed by atoms with Crippen molar-refractivity contribution in [3.63, 3.8) is 0 Å². The molecule has 3 amide bonds. The highest BCUT2D eigenvalue weighted by Crippen LogP contribution is 1.98. The lowest BCUT2D eigenvalue weighted by atomic mass is 10.2. The first-order valence-corrected chi connectivity index (χ1v) is 5.87. The third-order valence-electron chi connectivity index (χ3n) is 2.47. The summed E-state index contributed by atoms with van der Waals surface area (Å²) >= 11 is 0. The van der Waals surface area contributed by atoms with Crippen LogP contribution < -0.4 is 10.6 Å². The van der Waals surface area contributed by atoms with Crippen LogP contribution in [0.3, 0.4) is 0 Å². The first-order chi connectivity index (χ1) is 8.42. The van der Waals surface area contributed by atoms with Crippen LogP contribution in [0.15, 0.2) is 0 Å². The number of amides is 3. The van der Waals surface area contributed by atoms with E-state index in [1.807, 2.05) is 6.92 Å². The quantitative estimate of drug-likeness (QED) is 0.600. The Bertz CT molecular complexity index is 307. The van der Waals surface area contributed by atoms with Crippen LogP contribution in [0.5, 0.6) is 0 Å². The van der Waals surface area contributed by atoms with Gasteiger partial charge in [0.1, 0.15) is 6.04 Å². The number of nitrogens with zero attached hydrogens (tertiary/aromatic N) is 1. The van der Waals surface area contributed by atoms with Crippen LogP contribution in [0.25, 0.3) is 0 Å². The topological polar surface area (TPSA) is 98.7 Å². The zero-order chi connectivity index (χ0) is 14.1. The molecule has 0 saturated carbocycles. The number of carboxylic acids is 1. The molecule has 0 aromatic carbocycles. The van der Waals surface area contributed by atoms with Gasteiger partial charge in [0.2, 0.25) is 5.91 Å². The predicted molar refractivity (Wildman–Crippen MR) is 66.2 cm³/mol. The van der Waals surface area contributed by atoms with Gasteiger partial charge in [-0.1, -0.05) is 13.3 Å². The van der Waals surface area contributed by atoms with Gasteiger partial charge in [-0.2, -0.15) is 0 Å². The molecule has 0 aromatic rings. The Morgan fingerprint density at radius 3 is 2.39 bits per heavy atom. The second-order valence-electron chi connectivity index (χ2n) is 3.97. The van der Waals surface area contributed by atoms with E-state index in [9.17, 15) is 14.4 Å². The lowest BCUT2D eigenvalue weighted by Crippen LogP contribution is -2.47. The van der Waals surface area contributed by atoms with Gasteiger partial charge >= 0.3 is 12.0 Å². The van der Waals surface area contributed by atoms with E-state index in [0.717, 1.165) is 0 Å². The molecule has 7 nitrogen and oxygen atoms in total. The molecule has 3 N–H and O–H groups in total. The molecule has 0 aliphatic heterocycles. The van der Waals surface area contributed by atoms with Crippen molar-refractivity contribution in [2.45, 2.75) is 32.2 Å². The maximum atomic E-state index is 11.7. The first-order valence-electron chi connectivity index (χ1n) is 5.87. The summed E-state index contributed by atoms with van der Waals surface area (Å²) in [6.07, 6.45) is 1.23. The van der Waals surface area contributed by atoms with Crippen molar-refractivity contribution in [3.05, 3.63) is 0 Å². The molecule has 0 saturated heterocycles. The fourth-order valence-corrected chi connectivity index (χ4v) is 1.30. The number of hydrogen-bond acceptors (Lipinski definition) is 3. The highest BCUT2D eigenvalue weighted by Gasteiger charge is 2.20. The zero-order valence-electron chi connectivity index (χ0n) is 11.0. The van der Waals surface area contributed by atoms with Crippen molar-refractivity contribution in [2.24, 2.45) is 0 Å². The summed E-state index contributed by atoms with van der Waals surface area (Å²) in [5.41, 5.74) is 0. The van der Waals surface area contributed by atoms with Gasteiger partial charge in [-0.3, -0.25) is 4.79 Å². The number of nitrogens with one attached hydrogen (secondary N) is 2. The maximum Gasteiger partial charge on any atom is 0.326 e. The molecular formula is C11H21N3O4. The van der Waals surface area contributed by atoms with Gasteiger partial charge in [-0.05, 0) is 6.42 Å². The van der Waals surface area contributed by atoms with Crippen molar-refractivity contribution in [2.75, 3.05) is 20.6 Å². The van der Waals surface area contributed by atoms with Gasteiger partial charge in [0.25, 0.3) is 0 Å². The molecule has 18 heavy (non-hydrogen) atoms. The first kappa shape index (κ1) is 16.2. The van der Waals surface area contributed by atoms with Crippen LogP contribution in [-0.4, -0.2) is 54.6 Å². The number of rotatable bonds is 7. The Labute approximate surface area is 107 Å². The Balaban J connectivity index is 4.20. The zero-order valence-corrected chi connectivity index (χ0v) is 11.0. The number of hydrogen-bond donors (Lipinski definition) is 3. The second kappa shape index (κ2) is 8.32. The Kier molecular flexibility index (Phi) is 7.50. The summed E-state index contributed by atoms with van der Waals surface area (Å²) in [4.78, 5) is 34.8. The molecule has 0 aromatic heterocycles. The third kappa shape index (κ3) is 6.07. The van der Waals surface area contributed by atoms with Crippen molar-refractivity contribution >= 4 is 17.9 Å². The molecule has 7 heteroatoms. The molecule has 0 aliphatic carbocycles. The predicted octanol–water partition coefficient (Wildman–Crippen LogP) is 0.0172. The second-order valence-corrected chi connectivity index (χ2v) is 3.97. The lowest BCUT2D eigenvalue weighted by molar-refractivity contribution is -0.139. The standard InChI is InChI=1S/C11H21N3O4/c1-4-5-8(10(16)17)13-11(18)14(3)7-6-9(15)12-2/h8H,4-7H2,1-3H3,(H,12,15)(H,13,18)(H,16,17)/t8-/m0/s1. The fraction of sp³-hybridized carbons (Fsp3) is 0.727. The van der Waals surface area contributed by atoms with Gasteiger partial charge in [0.15, 0.2) is 0 Å². The highest BCUT2D eigenvalue weighted by atomic mass is 16.4. The van der Waals surface area contributed by atoms with E-state index in [4.69, 9.17) is 5.11 Å². The molecule has 0 radical (unpaired) electrons. The van der Waals surface area contributed by atoms with Gasteiger partial charge in [-0.25, -0.2) is 9.59 Å². The molecule has 104 valence electrons. The van der Waals surface area contributed by atoms with Crippen LogP contribution in [-0.2, 0) is 9.59 Å². The van der Waals surface area contributed by atoms with E-state index in [1.54, 1.807) is 0 Å². The van der Waals surface area contributed by atoms with E-state index >= 15 is 0 Å². The normalized spacial score (nSPS) is 11.5. The van der Waals surface area contributed by atoms with E-state index < -0.39 is 18.0 Å². The number of carbonyl (C=O) groups is 3. The molecule has 0 aliphatic rings. The van der Waals surface area contributed by atoms with Crippen molar-refractivity contribution in [1.29, 1.82) is 0 Å². The summed E-state index contributed by atoms with van der Waals surface area (Å²) in [6.45, 7) is 2.08. The van der Waals surface area contributed by atoms with Crippen molar-refractivity contribution in [3.8, 4) is 0 Å². The molecular weight excluding hydrogens is 238 g/mol. The van der Waals surface area contributed by atoms with E-state index in [-0.39, 0.29) is 18.9 Å². The monoisotopic (exact) mass is 259 g/mol. The van der Waals surface area contributed by atoms with E-state index in [1.165, 1.54) is 19.0 Å². The molecule has 0 unspecified atom stereocenters. The van der Waals surface area contributed by atoms with Crippen LogP contribution in [0.1, 0.15) is 26.2 Å². The molecule has 0 bridgehead atoms. The third-order valence-corrected chi connectivity index (χ3v) is 2.47. The van der Waals surface area contributed by atoms with Crippen LogP contribution in [0.2, 0.25) is 0 Å². The van der Waals surface area contributed by atoms with Crippen LogP contribution in [0, 0.1) is 0 Å². The van der Waals surface area contributed by atoms with Gasteiger partial charge < -0.3 is 20.6 Å². The summed E-state index contributed by atoms with van der Waals surface area (Å²) in [5, 5.41) is 13.8. The number of urea groups is 1. The summed E-state index contributed by atoms with van der Waals surface area (Å²) in [7, 11) is 3.03. The minimum atomic E-state index is -1.05. The van der Waals surface area contributed by atoms with E-state index in [0.29, 0.717) is 12.8 Å². The average molecular weight is 259 g/mol. The lowest BCUT2D eigenvalue weighted by Gasteiger charge is -2.20. The fourth-order valence-electron chi connectivity index (χ4n) is 1.30. The Morgan fingerprint density at radius 2 is 1.94 bits per heavy atom. The molecule has 0 spiro atoms. The minimum absolute atomic E-state index is 0.169. The SMILES string of the molecule is CCC[C@H](NC(=O)N(C)CCC(=O)NC)C(=O)O. The summed E-state index contributed by atoms with van der Waals surface area (Å²) in [5.74, 6) is -1.22. The van der Waals surface area contributed by atoms with Crippen LogP contribution in [0.4, 0.5) is 4.79 Å². The number of aliphatic carboxylic acids is 1. The van der Waals surface area contributed by atoms with Gasteiger partial charge in [-0.15, -0.1) is 0 Å². The largest absolute Gasteiger partial charge is 0.480 e.